The van der Waals surface area contributed by atoms with Crippen molar-refractivity contribution in [2.24, 2.45) is 0 Å². The first-order valence-corrected chi connectivity index (χ1v) is 4.14. The molecule has 1 aliphatic rings. The molecule has 1 heterocycles. The average Bonchev–Trinajstić information content (AvgIpc) is 2.17. The van der Waals surface area contributed by atoms with Gasteiger partial charge < -0.3 is 9.84 Å². The van der Waals surface area contributed by atoms with E-state index in [1.165, 1.54) is 0 Å². The normalized spacial score (nSPS) is 31.4. The highest BCUT2D eigenvalue weighted by Gasteiger charge is 2.38. The van der Waals surface area contributed by atoms with Gasteiger partial charge in [-0.1, -0.05) is 6.92 Å². The Bertz CT molecular complexity index is 190. The highest BCUT2D eigenvalue weighted by atomic mass is 16.5. The lowest BCUT2D eigenvalue weighted by Gasteiger charge is -2.40. The van der Waals surface area contributed by atoms with E-state index in [2.05, 4.69) is 6.07 Å². The second-order valence-corrected chi connectivity index (χ2v) is 2.93. The number of hydrogen-bond acceptors (Lipinski definition) is 4. The van der Waals surface area contributed by atoms with Crippen LogP contribution in [0.15, 0.2) is 0 Å². The molecule has 0 saturated carbocycles. The van der Waals surface area contributed by atoms with Crippen molar-refractivity contribution in [3.05, 3.63) is 0 Å². The van der Waals surface area contributed by atoms with Crippen LogP contribution in [0.25, 0.3) is 0 Å². The van der Waals surface area contributed by atoms with E-state index in [9.17, 15) is 0 Å². The smallest absolute Gasteiger partial charge is 0.156 e. The standard InChI is InChI=1S/C8H14N2O2/c1-2-10-3-4-12-7-8(10,5-9)6-11/h11H,2-4,6-7H2,1H3/t8-/m0/s1. The molecule has 1 aliphatic heterocycles. The fraction of sp³-hybridized carbons (Fsp3) is 0.875. The number of hydrogen-bond donors (Lipinski definition) is 1. The zero-order valence-corrected chi connectivity index (χ0v) is 7.29. The molecule has 1 atom stereocenters. The summed E-state index contributed by atoms with van der Waals surface area (Å²) < 4.78 is 5.18. The molecular formula is C8H14N2O2. The van der Waals surface area contributed by atoms with Gasteiger partial charge in [0.2, 0.25) is 0 Å². The maximum absolute atomic E-state index is 9.10. The van der Waals surface area contributed by atoms with Crippen LogP contribution in [-0.2, 0) is 4.74 Å². The minimum atomic E-state index is -0.799. The van der Waals surface area contributed by atoms with E-state index in [1.807, 2.05) is 11.8 Å². The SMILES string of the molecule is CCN1CCOC[C@]1(C#N)CO. The van der Waals surface area contributed by atoms with Gasteiger partial charge in [-0.2, -0.15) is 5.26 Å². The molecular weight excluding hydrogens is 156 g/mol. The van der Waals surface area contributed by atoms with Crippen LogP contribution >= 0.6 is 0 Å². The summed E-state index contributed by atoms with van der Waals surface area (Å²) in [7, 11) is 0. The number of aliphatic hydroxyl groups is 1. The molecule has 1 N–H and O–H groups in total. The summed E-state index contributed by atoms with van der Waals surface area (Å²) in [5, 5.41) is 18.0. The minimum Gasteiger partial charge on any atom is -0.393 e. The third-order valence-electron chi connectivity index (χ3n) is 2.30. The van der Waals surface area contributed by atoms with Crippen molar-refractivity contribution >= 4 is 0 Å². The van der Waals surface area contributed by atoms with Crippen molar-refractivity contribution in [3.8, 4) is 6.07 Å². The van der Waals surface area contributed by atoms with E-state index in [-0.39, 0.29) is 6.61 Å². The topological polar surface area (TPSA) is 56.5 Å². The van der Waals surface area contributed by atoms with Gasteiger partial charge in [0.1, 0.15) is 0 Å². The van der Waals surface area contributed by atoms with Gasteiger partial charge >= 0.3 is 0 Å². The number of ether oxygens (including phenoxy) is 1. The maximum atomic E-state index is 9.10. The van der Waals surface area contributed by atoms with Crippen molar-refractivity contribution in [2.75, 3.05) is 32.9 Å². The number of nitriles is 1. The molecule has 1 fully saturated rings. The van der Waals surface area contributed by atoms with Crippen LogP contribution in [-0.4, -0.2) is 48.5 Å². The first-order chi connectivity index (χ1) is 5.79. The third kappa shape index (κ3) is 1.44. The molecule has 0 spiro atoms. The summed E-state index contributed by atoms with van der Waals surface area (Å²) in [5.74, 6) is 0. The van der Waals surface area contributed by atoms with Crippen LogP contribution in [0.3, 0.4) is 0 Å². The van der Waals surface area contributed by atoms with Crippen molar-refractivity contribution in [2.45, 2.75) is 12.5 Å². The van der Waals surface area contributed by atoms with Crippen LogP contribution in [0.1, 0.15) is 6.92 Å². The molecule has 1 rings (SSSR count). The highest BCUT2D eigenvalue weighted by molar-refractivity contribution is 5.09. The van der Waals surface area contributed by atoms with Crippen LogP contribution < -0.4 is 0 Å². The summed E-state index contributed by atoms with van der Waals surface area (Å²) in [6.07, 6.45) is 0. The molecule has 0 bridgehead atoms. The van der Waals surface area contributed by atoms with Crippen LogP contribution in [0.4, 0.5) is 0 Å². The number of rotatable bonds is 2. The Kier molecular flexibility index (Phi) is 3.04. The molecule has 0 aromatic rings. The molecule has 0 aromatic heterocycles. The van der Waals surface area contributed by atoms with E-state index in [0.717, 1.165) is 13.1 Å². The average molecular weight is 170 g/mol. The summed E-state index contributed by atoms with van der Waals surface area (Å²) >= 11 is 0. The predicted octanol–water partition coefficient (Wildman–Crippen LogP) is -0.407. The van der Waals surface area contributed by atoms with E-state index in [0.29, 0.717) is 13.2 Å². The lowest BCUT2D eigenvalue weighted by Crippen LogP contribution is -2.58. The Morgan fingerprint density at radius 3 is 2.92 bits per heavy atom. The Morgan fingerprint density at radius 2 is 2.50 bits per heavy atom. The zero-order chi connectivity index (χ0) is 9.03. The lowest BCUT2D eigenvalue weighted by atomic mass is 10.0. The minimum absolute atomic E-state index is 0.155. The number of nitrogens with zero attached hydrogens (tertiary/aromatic N) is 2. The van der Waals surface area contributed by atoms with E-state index >= 15 is 0 Å². The first-order valence-electron chi connectivity index (χ1n) is 4.14. The Labute approximate surface area is 72.3 Å². The van der Waals surface area contributed by atoms with E-state index in [4.69, 9.17) is 15.1 Å². The van der Waals surface area contributed by atoms with Crippen LogP contribution in [0, 0.1) is 11.3 Å². The quantitative estimate of drug-likeness (QED) is 0.612. The largest absolute Gasteiger partial charge is 0.393 e. The van der Waals surface area contributed by atoms with E-state index < -0.39 is 5.54 Å². The molecule has 0 radical (unpaired) electrons. The molecule has 4 nitrogen and oxygen atoms in total. The third-order valence-corrected chi connectivity index (χ3v) is 2.30. The fourth-order valence-electron chi connectivity index (χ4n) is 1.47. The van der Waals surface area contributed by atoms with Gasteiger partial charge in [0, 0.05) is 6.54 Å². The molecule has 0 aromatic carbocycles. The second kappa shape index (κ2) is 3.85. The highest BCUT2D eigenvalue weighted by Crippen LogP contribution is 2.18. The molecule has 0 aliphatic carbocycles. The first kappa shape index (κ1) is 9.46. The maximum Gasteiger partial charge on any atom is 0.156 e. The summed E-state index contributed by atoms with van der Waals surface area (Å²) in [6, 6.07) is 2.12. The van der Waals surface area contributed by atoms with Crippen LogP contribution in [0.5, 0.6) is 0 Å². The van der Waals surface area contributed by atoms with Crippen molar-refractivity contribution < 1.29 is 9.84 Å². The van der Waals surface area contributed by atoms with Crippen molar-refractivity contribution in [1.29, 1.82) is 5.26 Å². The molecule has 12 heavy (non-hydrogen) atoms. The molecule has 0 amide bonds. The van der Waals surface area contributed by atoms with Gasteiger partial charge in [-0.15, -0.1) is 0 Å². The zero-order valence-electron chi connectivity index (χ0n) is 7.29. The van der Waals surface area contributed by atoms with Gasteiger partial charge in [-0.3, -0.25) is 4.90 Å². The predicted molar refractivity (Wildman–Crippen MR) is 43.5 cm³/mol. The summed E-state index contributed by atoms with van der Waals surface area (Å²) in [5.41, 5.74) is -0.799. The second-order valence-electron chi connectivity index (χ2n) is 2.93. The van der Waals surface area contributed by atoms with Gasteiger partial charge in [0.15, 0.2) is 5.54 Å². The Morgan fingerprint density at radius 1 is 1.75 bits per heavy atom. The number of morpholine rings is 1. The molecule has 0 unspecified atom stereocenters. The van der Waals surface area contributed by atoms with Crippen LogP contribution in [0.2, 0.25) is 0 Å². The molecule has 68 valence electrons. The Hall–Kier alpha value is -0.630. The monoisotopic (exact) mass is 170 g/mol. The van der Waals surface area contributed by atoms with Gasteiger partial charge in [0.25, 0.3) is 0 Å². The lowest BCUT2D eigenvalue weighted by molar-refractivity contribution is -0.0605. The van der Waals surface area contributed by atoms with Gasteiger partial charge in [-0.25, -0.2) is 0 Å². The number of likely N-dealkylation sites (N-methyl/N-ethyl adjacent to an activating group) is 1. The molecule has 4 heteroatoms. The Balaban J connectivity index is 2.75. The summed E-state index contributed by atoms with van der Waals surface area (Å²) in [6.45, 7) is 4.29. The van der Waals surface area contributed by atoms with E-state index in [1.54, 1.807) is 0 Å². The van der Waals surface area contributed by atoms with Crippen molar-refractivity contribution in [3.63, 3.8) is 0 Å². The van der Waals surface area contributed by atoms with Gasteiger partial charge in [-0.05, 0) is 6.54 Å². The summed E-state index contributed by atoms with van der Waals surface area (Å²) in [4.78, 5) is 1.95. The fourth-order valence-corrected chi connectivity index (χ4v) is 1.47. The van der Waals surface area contributed by atoms with Crippen molar-refractivity contribution in [1.82, 2.24) is 4.90 Å². The number of aliphatic hydroxyl groups excluding tert-OH is 1. The van der Waals surface area contributed by atoms with Gasteiger partial charge in [0.05, 0.1) is 25.9 Å². The molecule has 1 saturated heterocycles.